The Morgan fingerprint density at radius 1 is 1.32 bits per heavy atom. The quantitative estimate of drug-likeness (QED) is 0.627. The average Bonchev–Trinajstić information content (AvgIpc) is 2.45. The molecule has 1 heterocycles. The van der Waals surface area contributed by atoms with Crippen molar-refractivity contribution in [3.63, 3.8) is 0 Å². The first kappa shape index (κ1) is 18.3. The highest BCUT2D eigenvalue weighted by Gasteiger charge is 2.26. The Labute approximate surface area is 129 Å². The van der Waals surface area contributed by atoms with Crippen LogP contribution in [0.5, 0.6) is 0 Å². The van der Waals surface area contributed by atoms with Gasteiger partial charge in [0.1, 0.15) is 0 Å². The van der Waals surface area contributed by atoms with Crippen molar-refractivity contribution in [1.82, 2.24) is 15.6 Å². The molecule has 0 spiro atoms. The predicted molar refractivity (Wildman–Crippen MR) is 81.9 cm³/mol. The largest absolute Gasteiger partial charge is 0.390 e. The van der Waals surface area contributed by atoms with E-state index in [9.17, 15) is 13.2 Å². The minimum atomic E-state index is -4.16. The molecule has 0 aliphatic carbocycles. The van der Waals surface area contributed by atoms with E-state index in [1.807, 2.05) is 18.3 Å². The minimum Gasteiger partial charge on any atom is -0.356 e. The van der Waals surface area contributed by atoms with Crippen LogP contribution in [0.1, 0.15) is 31.7 Å². The van der Waals surface area contributed by atoms with E-state index in [4.69, 9.17) is 0 Å². The molecule has 0 radical (unpaired) electrons. The molecule has 1 unspecified atom stereocenters. The molecule has 0 amide bonds. The standard InChI is InChI=1S/C15H23F3N4/c1-11(2)13(12-5-4-7-20-9-12)10-22-14(19-3)21-8-6-15(16,17)18/h4-5,7,9,11,13H,6,8,10H2,1-3H3,(H2,19,21,22). The van der Waals surface area contributed by atoms with Crippen LogP contribution < -0.4 is 10.6 Å². The normalized spacial score (nSPS) is 14.0. The Hall–Kier alpha value is -1.79. The summed E-state index contributed by atoms with van der Waals surface area (Å²) in [7, 11) is 1.54. The van der Waals surface area contributed by atoms with E-state index in [-0.39, 0.29) is 12.5 Å². The molecule has 4 nitrogen and oxygen atoms in total. The molecule has 0 saturated heterocycles. The third-order valence-electron chi connectivity index (χ3n) is 3.33. The fraction of sp³-hybridized carbons (Fsp3) is 0.600. The number of nitrogens with zero attached hydrogens (tertiary/aromatic N) is 2. The maximum Gasteiger partial charge on any atom is 0.390 e. The molecule has 1 atom stereocenters. The highest BCUT2D eigenvalue weighted by Crippen LogP contribution is 2.22. The van der Waals surface area contributed by atoms with Crippen molar-refractivity contribution in [2.24, 2.45) is 10.9 Å². The highest BCUT2D eigenvalue weighted by molar-refractivity contribution is 5.79. The molecular weight excluding hydrogens is 293 g/mol. The van der Waals surface area contributed by atoms with Crippen LogP contribution >= 0.6 is 0 Å². The number of aromatic nitrogens is 1. The maximum absolute atomic E-state index is 12.1. The second-order valence-corrected chi connectivity index (χ2v) is 5.38. The van der Waals surface area contributed by atoms with Gasteiger partial charge < -0.3 is 10.6 Å². The van der Waals surface area contributed by atoms with E-state index in [1.165, 1.54) is 7.05 Å². The molecule has 0 aromatic carbocycles. The second-order valence-electron chi connectivity index (χ2n) is 5.38. The zero-order valence-electron chi connectivity index (χ0n) is 13.1. The molecule has 0 aliphatic heterocycles. The molecular formula is C15H23F3N4. The van der Waals surface area contributed by atoms with Crippen molar-refractivity contribution >= 4 is 5.96 Å². The lowest BCUT2D eigenvalue weighted by molar-refractivity contribution is -0.132. The molecule has 22 heavy (non-hydrogen) atoms. The maximum atomic E-state index is 12.1. The molecule has 0 fully saturated rings. The Bertz CT molecular complexity index is 458. The summed E-state index contributed by atoms with van der Waals surface area (Å²) in [4.78, 5) is 8.06. The average molecular weight is 316 g/mol. The van der Waals surface area contributed by atoms with Crippen molar-refractivity contribution in [1.29, 1.82) is 0 Å². The first-order valence-corrected chi connectivity index (χ1v) is 7.24. The fourth-order valence-corrected chi connectivity index (χ4v) is 2.08. The lowest BCUT2D eigenvalue weighted by Crippen LogP contribution is -2.41. The molecule has 1 rings (SSSR count). The molecule has 1 aromatic rings. The number of nitrogens with one attached hydrogen (secondary N) is 2. The summed E-state index contributed by atoms with van der Waals surface area (Å²) < 4.78 is 36.4. The number of hydrogen-bond acceptors (Lipinski definition) is 2. The van der Waals surface area contributed by atoms with Crippen molar-refractivity contribution in [2.45, 2.75) is 32.4 Å². The van der Waals surface area contributed by atoms with Gasteiger partial charge in [-0.25, -0.2) is 0 Å². The molecule has 2 N–H and O–H groups in total. The molecule has 7 heteroatoms. The van der Waals surface area contributed by atoms with Gasteiger partial charge in [-0.1, -0.05) is 19.9 Å². The van der Waals surface area contributed by atoms with Crippen molar-refractivity contribution < 1.29 is 13.2 Å². The summed E-state index contributed by atoms with van der Waals surface area (Å²) in [6.07, 6.45) is -1.52. The number of pyridine rings is 1. The van der Waals surface area contributed by atoms with Gasteiger partial charge in [-0.05, 0) is 17.5 Å². The summed E-state index contributed by atoms with van der Waals surface area (Å²) in [6.45, 7) is 4.58. The van der Waals surface area contributed by atoms with Gasteiger partial charge in [0.25, 0.3) is 0 Å². The van der Waals surface area contributed by atoms with Crippen LogP contribution in [0, 0.1) is 5.92 Å². The molecule has 124 valence electrons. The van der Waals surface area contributed by atoms with Crippen LogP contribution in [0.3, 0.4) is 0 Å². The summed E-state index contributed by atoms with van der Waals surface area (Å²) in [6, 6.07) is 3.88. The van der Waals surface area contributed by atoms with Crippen molar-refractivity contribution in [3.05, 3.63) is 30.1 Å². The van der Waals surface area contributed by atoms with Gasteiger partial charge in [0.15, 0.2) is 5.96 Å². The third kappa shape index (κ3) is 6.78. The topological polar surface area (TPSA) is 49.3 Å². The van der Waals surface area contributed by atoms with E-state index in [0.717, 1.165) is 5.56 Å². The van der Waals surface area contributed by atoms with Gasteiger partial charge in [-0.2, -0.15) is 13.2 Å². The highest BCUT2D eigenvalue weighted by atomic mass is 19.4. The number of rotatable bonds is 6. The zero-order valence-corrected chi connectivity index (χ0v) is 13.1. The van der Waals surface area contributed by atoms with Crippen LogP contribution in [0.25, 0.3) is 0 Å². The number of alkyl halides is 3. The van der Waals surface area contributed by atoms with Gasteiger partial charge in [0.2, 0.25) is 0 Å². The van der Waals surface area contributed by atoms with Crippen LogP contribution in [0.2, 0.25) is 0 Å². The van der Waals surface area contributed by atoms with Gasteiger partial charge in [0, 0.05) is 38.4 Å². The number of halogens is 3. The van der Waals surface area contributed by atoms with E-state index in [0.29, 0.717) is 18.4 Å². The van der Waals surface area contributed by atoms with Crippen molar-refractivity contribution in [3.8, 4) is 0 Å². The van der Waals surface area contributed by atoms with Gasteiger partial charge in [0.05, 0.1) is 6.42 Å². The first-order valence-electron chi connectivity index (χ1n) is 7.24. The van der Waals surface area contributed by atoms with E-state index in [2.05, 4.69) is 34.5 Å². The number of aliphatic imine (C=N–C) groups is 1. The van der Waals surface area contributed by atoms with E-state index >= 15 is 0 Å². The van der Waals surface area contributed by atoms with Crippen molar-refractivity contribution in [2.75, 3.05) is 20.1 Å². The SMILES string of the molecule is CN=C(NCCC(F)(F)F)NCC(c1cccnc1)C(C)C. The second kappa shape index (κ2) is 8.60. The Morgan fingerprint density at radius 2 is 2.05 bits per heavy atom. The fourth-order valence-electron chi connectivity index (χ4n) is 2.08. The van der Waals surface area contributed by atoms with Crippen LogP contribution in [-0.4, -0.2) is 37.3 Å². The first-order chi connectivity index (χ1) is 10.3. The van der Waals surface area contributed by atoms with Gasteiger partial charge in [-0.3, -0.25) is 9.98 Å². The number of hydrogen-bond donors (Lipinski definition) is 2. The lowest BCUT2D eigenvalue weighted by atomic mass is 9.89. The molecule has 1 aromatic heterocycles. The molecule has 0 aliphatic rings. The van der Waals surface area contributed by atoms with Crippen LogP contribution in [0.15, 0.2) is 29.5 Å². The molecule has 0 saturated carbocycles. The molecule has 0 bridgehead atoms. The van der Waals surface area contributed by atoms with Crippen LogP contribution in [-0.2, 0) is 0 Å². The zero-order chi connectivity index (χ0) is 16.6. The lowest BCUT2D eigenvalue weighted by Gasteiger charge is -2.23. The van der Waals surface area contributed by atoms with E-state index in [1.54, 1.807) is 6.20 Å². The summed E-state index contributed by atoms with van der Waals surface area (Å²) in [5, 5.41) is 5.75. The Morgan fingerprint density at radius 3 is 2.55 bits per heavy atom. The van der Waals surface area contributed by atoms with Gasteiger partial charge in [-0.15, -0.1) is 0 Å². The Balaban J connectivity index is 2.53. The summed E-state index contributed by atoms with van der Waals surface area (Å²) in [5.41, 5.74) is 1.09. The summed E-state index contributed by atoms with van der Waals surface area (Å²) >= 11 is 0. The monoisotopic (exact) mass is 316 g/mol. The van der Waals surface area contributed by atoms with Gasteiger partial charge >= 0.3 is 6.18 Å². The third-order valence-corrected chi connectivity index (χ3v) is 3.33. The number of guanidine groups is 1. The minimum absolute atomic E-state index is 0.192. The summed E-state index contributed by atoms with van der Waals surface area (Å²) in [5.74, 6) is 0.943. The van der Waals surface area contributed by atoms with Crippen LogP contribution in [0.4, 0.5) is 13.2 Å². The van der Waals surface area contributed by atoms with E-state index < -0.39 is 12.6 Å². The smallest absolute Gasteiger partial charge is 0.356 e. The predicted octanol–water partition coefficient (Wildman–Crippen LogP) is 2.94. The Kier molecular flexibility index (Phi) is 7.14.